The fourth-order valence-electron chi connectivity index (χ4n) is 1.22. The summed E-state index contributed by atoms with van der Waals surface area (Å²) in [6.07, 6.45) is 5.81. The second kappa shape index (κ2) is 6.58. The summed E-state index contributed by atoms with van der Waals surface area (Å²) in [6, 6.07) is 0.375. The zero-order chi connectivity index (χ0) is 8.69. The number of hydrogen-bond acceptors (Lipinski definition) is 3. The Morgan fingerprint density at radius 2 is 1.73 bits per heavy atom. The summed E-state index contributed by atoms with van der Waals surface area (Å²) >= 11 is 0. The molecule has 0 saturated heterocycles. The summed E-state index contributed by atoms with van der Waals surface area (Å²) in [6.45, 7) is 4.34. The summed E-state index contributed by atoms with van der Waals surface area (Å²) < 4.78 is 0. The molecular weight excluding hydrogens is 138 g/mol. The molecule has 0 spiro atoms. The van der Waals surface area contributed by atoms with Crippen LogP contribution in [0.2, 0.25) is 0 Å². The van der Waals surface area contributed by atoms with Gasteiger partial charge in [-0.15, -0.1) is 0 Å². The summed E-state index contributed by atoms with van der Waals surface area (Å²) in [5.74, 6) is 10.9. The lowest BCUT2D eigenvalue weighted by molar-refractivity contribution is 0.180. The van der Waals surface area contributed by atoms with Crippen LogP contribution in [0.5, 0.6) is 0 Å². The second-order valence-electron chi connectivity index (χ2n) is 3.03. The Kier molecular flexibility index (Phi) is 6.51. The van der Waals surface area contributed by atoms with Crippen LogP contribution in [-0.2, 0) is 0 Å². The van der Waals surface area contributed by atoms with Gasteiger partial charge in [-0.3, -0.25) is 11.7 Å². The zero-order valence-corrected chi connectivity index (χ0v) is 7.71. The lowest BCUT2D eigenvalue weighted by atomic mass is 10.1. The van der Waals surface area contributed by atoms with Gasteiger partial charge in [0.15, 0.2) is 0 Å². The van der Waals surface area contributed by atoms with E-state index < -0.39 is 0 Å². The molecule has 4 N–H and O–H groups in total. The molecule has 0 radical (unpaired) electrons. The Balaban J connectivity index is 3.51. The minimum absolute atomic E-state index is 0.375. The Labute approximate surface area is 69.7 Å². The van der Waals surface area contributed by atoms with E-state index in [1.807, 2.05) is 0 Å². The van der Waals surface area contributed by atoms with Crippen LogP contribution in [0.1, 0.15) is 46.0 Å². The molecule has 0 amide bonds. The first-order chi connectivity index (χ1) is 5.22. The number of hydrazine groups is 2. The van der Waals surface area contributed by atoms with Crippen molar-refractivity contribution in [3.63, 3.8) is 0 Å². The average molecular weight is 159 g/mol. The molecule has 1 unspecified atom stereocenters. The lowest BCUT2D eigenvalue weighted by Gasteiger charge is -2.22. The first kappa shape index (κ1) is 10.9. The molecule has 0 aliphatic heterocycles. The summed E-state index contributed by atoms with van der Waals surface area (Å²) in [5, 5.41) is 1.36. The molecule has 11 heavy (non-hydrogen) atoms. The van der Waals surface area contributed by atoms with Crippen LogP contribution in [0, 0.1) is 0 Å². The van der Waals surface area contributed by atoms with Gasteiger partial charge < -0.3 is 0 Å². The predicted molar refractivity (Wildman–Crippen MR) is 48.4 cm³/mol. The van der Waals surface area contributed by atoms with E-state index in [0.717, 1.165) is 19.3 Å². The van der Waals surface area contributed by atoms with Gasteiger partial charge in [0.1, 0.15) is 0 Å². The standard InChI is InChI=1S/C8H21N3/c1-3-5-7-8(6-4-2)11(9)10/h8H,3-7,9-10H2,1-2H3. The monoisotopic (exact) mass is 159 g/mol. The van der Waals surface area contributed by atoms with Gasteiger partial charge in [0.05, 0.1) is 0 Å². The average Bonchev–Trinajstić information content (AvgIpc) is 1.97. The molecular formula is C8H21N3. The first-order valence-electron chi connectivity index (χ1n) is 4.51. The Morgan fingerprint density at radius 3 is 2.09 bits per heavy atom. The SMILES string of the molecule is CCCCC(CCC)N(N)N. The Bertz CT molecular complexity index is 83.4. The number of nitrogens with zero attached hydrogens (tertiary/aromatic N) is 1. The molecule has 3 heteroatoms. The second-order valence-corrected chi connectivity index (χ2v) is 3.03. The van der Waals surface area contributed by atoms with Crippen molar-refractivity contribution in [2.24, 2.45) is 11.7 Å². The van der Waals surface area contributed by atoms with Crippen molar-refractivity contribution in [3.05, 3.63) is 0 Å². The van der Waals surface area contributed by atoms with Gasteiger partial charge in [0.2, 0.25) is 0 Å². The Morgan fingerprint density at radius 1 is 1.09 bits per heavy atom. The van der Waals surface area contributed by atoms with Gasteiger partial charge in [0.25, 0.3) is 0 Å². The molecule has 0 fully saturated rings. The molecule has 0 aliphatic carbocycles. The third kappa shape index (κ3) is 5.18. The first-order valence-corrected chi connectivity index (χ1v) is 4.51. The van der Waals surface area contributed by atoms with Crippen molar-refractivity contribution in [3.8, 4) is 0 Å². The molecule has 1 atom stereocenters. The van der Waals surface area contributed by atoms with Crippen LogP contribution in [0.4, 0.5) is 0 Å². The predicted octanol–water partition coefficient (Wildman–Crippen LogP) is 1.39. The highest BCUT2D eigenvalue weighted by atomic mass is 15.6. The molecule has 68 valence electrons. The van der Waals surface area contributed by atoms with Crippen LogP contribution < -0.4 is 11.7 Å². The fourth-order valence-corrected chi connectivity index (χ4v) is 1.22. The lowest BCUT2D eigenvalue weighted by Crippen LogP contribution is -2.46. The molecule has 0 heterocycles. The normalized spacial score (nSPS) is 13.9. The summed E-state index contributed by atoms with van der Waals surface area (Å²) in [4.78, 5) is 0. The maximum Gasteiger partial charge on any atom is 0.0395 e. The van der Waals surface area contributed by atoms with Crippen molar-refractivity contribution < 1.29 is 0 Å². The molecule has 0 aliphatic rings. The van der Waals surface area contributed by atoms with E-state index in [9.17, 15) is 0 Å². The highest BCUT2D eigenvalue weighted by Crippen LogP contribution is 2.08. The molecule has 0 aromatic rings. The van der Waals surface area contributed by atoms with Crippen molar-refractivity contribution in [1.29, 1.82) is 0 Å². The fraction of sp³-hybridized carbons (Fsp3) is 1.00. The van der Waals surface area contributed by atoms with Crippen molar-refractivity contribution in [2.45, 2.75) is 52.0 Å². The van der Waals surface area contributed by atoms with Gasteiger partial charge in [-0.2, -0.15) is 5.12 Å². The molecule has 0 aromatic heterocycles. The maximum atomic E-state index is 5.47. The van der Waals surface area contributed by atoms with E-state index in [0.29, 0.717) is 6.04 Å². The van der Waals surface area contributed by atoms with Crippen LogP contribution in [0.15, 0.2) is 0 Å². The van der Waals surface area contributed by atoms with E-state index in [-0.39, 0.29) is 0 Å². The summed E-state index contributed by atoms with van der Waals surface area (Å²) in [5.41, 5.74) is 0. The maximum absolute atomic E-state index is 5.47. The van der Waals surface area contributed by atoms with Crippen molar-refractivity contribution in [1.82, 2.24) is 5.12 Å². The van der Waals surface area contributed by atoms with Crippen LogP contribution >= 0.6 is 0 Å². The summed E-state index contributed by atoms with van der Waals surface area (Å²) in [7, 11) is 0. The largest absolute Gasteiger partial charge is 0.255 e. The molecule has 0 rings (SSSR count). The third-order valence-electron chi connectivity index (χ3n) is 1.93. The molecule has 0 aromatic carbocycles. The van der Waals surface area contributed by atoms with Crippen molar-refractivity contribution in [2.75, 3.05) is 0 Å². The molecule has 0 bridgehead atoms. The quantitative estimate of drug-likeness (QED) is 0.455. The number of rotatable bonds is 6. The third-order valence-corrected chi connectivity index (χ3v) is 1.93. The van der Waals surface area contributed by atoms with Gasteiger partial charge in [-0.05, 0) is 12.8 Å². The van der Waals surface area contributed by atoms with Crippen LogP contribution in [0.3, 0.4) is 0 Å². The highest BCUT2D eigenvalue weighted by molar-refractivity contribution is 4.62. The van der Waals surface area contributed by atoms with E-state index in [1.165, 1.54) is 18.0 Å². The minimum Gasteiger partial charge on any atom is -0.255 e. The van der Waals surface area contributed by atoms with E-state index in [2.05, 4.69) is 13.8 Å². The zero-order valence-electron chi connectivity index (χ0n) is 7.71. The van der Waals surface area contributed by atoms with E-state index in [1.54, 1.807) is 0 Å². The van der Waals surface area contributed by atoms with Gasteiger partial charge in [-0.25, -0.2) is 0 Å². The van der Waals surface area contributed by atoms with Gasteiger partial charge in [0, 0.05) is 6.04 Å². The topological polar surface area (TPSA) is 55.3 Å². The smallest absolute Gasteiger partial charge is 0.0395 e. The van der Waals surface area contributed by atoms with E-state index >= 15 is 0 Å². The van der Waals surface area contributed by atoms with Crippen molar-refractivity contribution >= 4 is 0 Å². The van der Waals surface area contributed by atoms with Crippen LogP contribution in [-0.4, -0.2) is 11.2 Å². The van der Waals surface area contributed by atoms with E-state index in [4.69, 9.17) is 11.7 Å². The minimum atomic E-state index is 0.375. The number of hydrogen-bond donors (Lipinski definition) is 2. The number of unbranched alkanes of at least 4 members (excludes halogenated alkanes) is 1. The molecule has 0 saturated carbocycles. The van der Waals surface area contributed by atoms with Gasteiger partial charge >= 0.3 is 0 Å². The van der Waals surface area contributed by atoms with Crippen LogP contribution in [0.25, 0.3) is 0 Å². The number of nitrogens with two attached hydrogens (primary N) is 2. The molecule has 3 nitrogen and oxygen atoms in total. The van der Waals surface area contributed by atoms with Gasteiger partial charge in [-0.1, -0.05) is 33.1 Å². The Hall–Kier alpha value is -0.120. The highest BCUT2D eigenvalue weighted by Gasteiger charge is 2.09.